The highest BCUT2D eigenvalue weighted by atomic mass is 35.5. The molecule has 1 atom stereocenters. The average molecular weight is 461 g/mol. The Hall–Kier alpha value is -2.80. The Bertz CT molecular complexity index is 1040. The first-order valence-corrected chi connectivity index (χ1v) is 11.2. The van der Waals surface area contributed by atoms with Gasteiger partial charge in [0.05, 0.1) is 12.1 Å². The van der Waals surface area contributed by atoms with Gasteiger partial charge in [0.25, 0.3) is 0 Å². The number of carbonyl (C=O) groups excluding carboxylic acids is 1. The van der Waals surface area contributed by atoms with E-state index in [4.69, 9.17) is 21.4 Å². The number of rotatable bonds is 6. The summed E-state index contributed by atoms with van der Waals surface area (Å²) in [5.74, 6) is 0.117. The molecule has 1 saturated heterocycles. The van der Waals surface area contributed by atoms with Crippen LogP contribution < -0.4 is 10.1 Å². The number of hydrogen-bond donors (Lipinski definition) is 2. The Morgan fingerprint density at radius 1 is 1.28 bits per heavy atom. The predicted octanol–water partition coefficient (Wildman–Crippen LogP) is 5.29. The monoisotopic (exact) mass is 460 g/mol. The molecule has 0 spiro atoms. The van der Waals surface area contributed by atoms with Gasteiger partial charge in [-0.1, -0.05) is 42.6 Å². The highest BCUT2D eigenvalue weighted by Gasteiger charge is 2.49. The molecule has 0 saturated carbocycles. The summed E-state index contributed by atoms with van der Waals surface area (Å²) < 4.78 is 20.3. The van der Waals surface area contributed by atoms with Crippen LogP contribution in [0.4, 0.5) is 14.9 Å². The Labute approximate surface area is 191 Å². The molecule has 2 aromatic carbocycles. The number of hydrogen-bond acceptors (Lipinski definition) is 3. The average Bonchev–Trinajstić information content (AvgIpc) is 3.05. The fraction of sp³-hybridized carbons (Fsp3) is 0.417. The highest BCUT2D eigenvalue weighted by molar-refractivity contribution is 6.32. The molecule has 2 N–H and O–H groups in total. The van der Waals surface area contributed by atoms with Crippen LogP contribution in [0.15, 0.2) is 36.4 Å². The first kappa shape index (κ1) is 22.4. The third kappa shape index (κ3) is 3.90. The third-order valence-electron chi connectivity index (χ3n) is 6.77. The number of benzene rings is 2. The molecule has 0 aromatic heterocycles. The number of piperidine rings is 1. The van der Waals surface area contributed by atoms with Crippen LogP contribution in [0, 0.1) is 11.7 Å². The quantitative estimate of drug-likeness (QED) is 0.614. The normalized spacial score (nSPS) is 20.7. The Kier molecular flexibility index (Phi) is 6.29. The second kappa shape index (κ2) is 8.98. The molecule has 0 bridgehead atoms. The van der Waals surface area contributed by atoms with E-state index in [2.05, 4.69) is 5.32 Å². The SMILES string of the molecule is COc1cc2c(cc1Cl)C(CCCC1CCN(C(=O)O)CC1)(c1ccccc1F)C(=O)N2. The van der Waals surface area contributed by atoms with Crippen LogP contribution in [0.25, 0.3) is 0 Å². The Balaban J connectivity index is 1.62. The molecule has 8 heteroatoms. The van der Waals surface area contributed by atoms with Gasteiger partial charge in [0.2, 0.25) is 5.91 Å². The van der Waals surface area contributed by atoms with Crippen LogP contribution in [0.3, 0.4) is 0 Å². The van der Waals surface area contributed by atoms with Crippen LogP contribution in [-0.4, -0.2) is 42.2 Å². The lowest BCUT2D eigenvalue weighted by molar-refractivity contribution is -0.119. The van der Waals surface area contributed by atoms with E-state index in [0.717, 1.165) is 19.3 Å². The van der Waals surface area contributed by atoms with E-state index in [9.17, 15) is 9.59 Å². The molecule has 1 fully saturated rings. The number of halogens is 2. The summed E-state index contributed by atoms with van der Waals surface area (Å²) in [6, 6.07) is 9.75. The van der Waals surface area contributed by atoms with E-state index >= 15 is 4.39 Å². The van der Waals surface area contributed by atoms with Gasteiger partial charge in [0.1, 0.15) is 17.0 Å². The lowest BCUT2D eigenvalue weighted by atomic mass is 9.71. The maximum Gasteiger partial charge on any atom is 0.407 e. The van der Waals surface area contributed by atoms with E-state index in [-0.39, 0.29) is 5.91 Å². The molecule has 1 unspecified atom stereocenters. The molecule has 170 valence electrons. The number of likely N-dealkylation sites (tertiary alicyclic amines) is 1. The smallest absolute Gasteiger partial charge is 0.407 e. The molecule has 2 aliphatic rings. The van der Waals surface area contributed by atoms with Crippen LogP contribution in [0.1, 0.15) is 43.2 Å². The summed E-state index contributed by atoms with van der Waals surface area (Å²) in [5.41, 5.74) is 0.379. The lowest BCUT2D eigenvalue weighted by Crippen LogP contribution is -2.38. The van der Waals surface area contributed by atoms with Gasteiger partial charge < -0.3 is 20.1 Å². The number of amides is 2. The van der Waals surface area contributed by atoms with Crippen molar-refractivity contribution in [2.45, 2.75) is 37.5 Å². The molecular formula is C24H26ClFN2O4. The van der Waals surface area contributed by atoms with Crippen molar-refractivity contribution in [3.63, 3.8) is 0 Å². The summed E-state index contributed by atoms with van der Waals surface area (Å²) in [7, 11) is 1.50. The van der Waals surface area contributed by atoms with Crippen molar-refractivity contribution in [1.29, 1.82) is 0 Å². The first-order valence-electron chi connectivity index (χ1n) is 10.8. The number of nitrogens with zero attached hydrogens (tertiary/aromatic N) is 1. The molecule has 32 heavy (non-hydrogen) atoms. The van der Waals surface area contributed by atoms with Gasteiger partial charge in [-0.15, -0.1) is 0 Å². The van der Waals surface area contributed by atoms with Crippen LogP contribution in [0.5, 0.6) is 5.75 Å². The summed E-state index contributed by atoms with van der Waals surface area (Å²) in [5, 5.41) is 12.4. The van der Waals surface area contributed by atoms with Gasteiger partial charge in [-0.05, 0) is 42.9 Å². The first-order chi connectivity index (χ1) is 15.4. The molecule has 2 aromatic rings. The zero-order valence-electron chi connectivity index (χ0n) is 17.9. The summed E-state index contributed by atoms with van der Waals surface area (Å²) >= 11 is 6.39. The van der Waals surface area contributed by atoms with Gasteiger partial charge in [0.15, 0.2) is 0 Å². The number of methoxy groups -OCH3 is 1. The molecule has 2 aliphatic heterocycles. The van der Waals surface area contributed by atoms with Crippen molar-refractivity contribution in [3.05, 3.63) is 58.4 Å². The minimum absolute atomic E-state index is 0.275. The van der Waals surface area contributed by atoms with Crippen molar-refractivity contribution < 1.29 is 23.8 Å². The minimum atomic E-state index is -1.18. The van der Waals surface area contributed by atoms with Crippen LogP contribution in [-0.2, 0) is 10.2 Å². The molecule has 2 heterocycles. The second-order valence-electron chi connectivity index (χ2n) is 8.48. The molecule has 6 nitrogen and oxygen atoms in total. The number of carboxylic acid groups (broad SMARTS) is 1. The van der Waals surface area contributed by atoms with Gasteiger partial charge >= 0.3 is 6.09 Å². The highest BCUT2D eigenvalue weighted by Crippen LogP contribution is 2.50. The van der Waals surface area contributed by atoms with Gasteiger partial charge in [0, 0.05) is 30.4 Å². The summed E-state index contributed by atoms with van der Waals surface area (Å²) in [4.78, 5) is 26.0. The van der Waals surface area contributed by atoms with E-state index in [0.29, 0.717) is 59.4 Å². The van der Waals surface area contributed by atoms with Crippen molar-refractivity contribution in [2.75, 3.05) is 25.5 Å². The molecular weight excluding hydrogens is 435 g/mol. The van der Waals surface area contributed by atoms with Crippen LogP contribution >= 0.6 is 11.6 Å². The summed E-state index contributed by atoms with van der Waals surface area (Å²) in [6.45, 7) is 1.05. The van der Waals surface area contributed by atoms with Crippen LogP contribution in [0.2, 0.25) is 5.02 Å². The topological polar surface area (TPSA) is 78.9 Å². The molecule has 2 amide bonds. The second-order valence-corrected chi connectivity index (χ2v) is 8.88. The number of anilines is 1. The predicted molar refractivity (Wildman–Crippen MR) is 120 cm³/mol. The maximum atomic E-state index is 15.0. The van der Waals surface area contributed by atoms with Crippen molar-refractivity contribution in [3.8, 4) is 5.75 Å². The van der Waals surface area contributed by atoms with E-state index in [1.807, 2.05) is 0 Å². The van der Waals surface area contributed by atoms with Crippen molar-refractivity contribution in [2.24, 2.45) is 5.92 Å². The van der Waals surface area contributed by atoms with E-state index < -0.39 is 17.3 Å². The zero-order chi connectivity index (χ0) is 22.9. The zero-order valence-corrected chi connectivity index (χ0v) is 18.6. The van der Waals surface area contributed by atoms with E-state index in [1.54, 1.807) is 30.3 Å². The lowest BCUT2D eigenvalue weighted by Gasteiger charge is -2.32. The molecule has 0 radical (unpaired) electrons. The third-order valence-corrected chi connectivity index (χ3v) is 7.07. The Morgan fingerprint density at radius 2 is 2.00 bits per heavy atom. The Morgan fingerprint density at radius 3 is 2.66 bits per heavy atom. The van der Waals surface area contributed by atoms with Gasteiger partial charge in [-0.2, -0.15) is 0 Å². The van der Waals surface area contributed by atoms with Crippen molar-refractivity contribution >= 4 is 29.3 Å². The fourth-order valence-corrected chi connectivity index (χ4v) is 5.28. The molecule has 0 aliphatic carbocycles. The maximum absolute atomic E-state index is 15.0. The number of nitrogens with one attached hydrogen (secondary N) is 1. The number of fused-ring (bicyclic) bond motifs is 1. The number of ether oxygens (including phenoxy) is 1. The van der Waals surface area contributed by atoms with Gasteiger partial charge in [-0.3, -0.25) is 4.79 Å². The fourth-order valence-electron chi connectivity index (χ4n) is 5.04. The summed E-state index contributed by atoms with van der Waals surface area (Å²) in [6.07, 6.45) is 2.68. The van der Waals surface area contributed by atoms with E-state index in [1.165, 1.54) is 18.1 Å². The van der Waals surface area contributed by atoms with Gasteiger partial charge in [-0.25, -0.2) is 9.18 Å². The minimum Gasteiger partial charge on any atom is -0.495 e. The number of carbonyl (C=O) groups is 2. The molecule has 4 rings (SSSR count). The standard InChI is InChI=1S/C24H26ClFN2O4/c1-32-21-14-20-17(13-18(21)25)24(22(29)27-20,16-6-2-3-7-19(16)26)10-4-5-15-8-11-28(12-9-15)23(30)31/h2-3,6-7,13-15H,4-5,8-12H2,1H3,(H,27,29)(H,30,31). The largest absolute Gasteiger partial charge is 0.495 e. The van der Waals surface area contributed by atoms with Crippen molar-refractivity contribution in [1.82, 2.24) is 4.90 Å².